The van der Waals surface area contributed by atoms with Crippen LogP contribution in [0.1, 0.15) is 19.4 Å². The lowest BCUT2D eigenvalue weighted by molar-refractivity contribution is -0.384. The van der Waals surface area contributed by atoms with Crippen molar-refractivity contribution in [2.45, 2.75) is 37.9 Å². The number of amides is 1. The number of non-ortho nitro benzene ring substituents is 1. The van der Waals surface area contributed by atoms with Crippen LogP contribution in [0, 0.1) is 22.0 Å². The summed E-state index contributed by atoms with van der Waals surface area (Å²) >= 11 is 1.62. The van der Waals surface area contributed by atoms with E-state index in [4.69, 9.17) is 4.74 Å². The number of ether oxygens (including phenoxy) is 1. The number of carbonyl (C=O) groups excluding carboxylic acids is 2. The number of hydrazine groups is 1. The van der Waals surface area contributed by atoms with E-state index in [2.05, 4.69) is 15.3 Å². The lowest BCUT2D eigenvalue weighted by Crippen LogP contribution is -2.63. The monoisotopic (exact) mass is 489 g/mol. The van der Waals surface area contributed by atoms with E-state index in [1.807, 2.05) is 6.92 Å². The molecule has 1 amide bonds. The van der Waals surface area contributed by atoms with Crippen LogP contribution in [0.15, 0.2) is 34.9 Å². The minimum absolute atomic E-state index is 0.0396. The van der Waals surface area contributed by atoms with Crippen molar-refractivity contribution in [1.82, 2.24) is 20.2 Å². The molecule has 12 heteroatoms. The predicted octanol–water partition coefficient (Wildman–Crippen LogP) is 0.860. The van der Waals surface area contributed by atoms with E-state index in [9.17, 15) is 24.8 Å². The molecule has 11 nitrogen and oxygen atoms in total. The Hall–Kier alpha value is -2.51. The highest BCUT2D eigenvalue weighted by atomic mass is 32.2. The molecule has 0 aliphatic carbocycles. The molecule has 0 spiro atoms. The molecular weight excluding hydrogens is 462 g/mol. The van der Waals surface area contributed by atoms with Gasteiger partial charge in [-0.1, -0.05) is 6.92 Å². The highest BCUT2D eigenvalue weighted by molar-refractivity contribution is 8.03. The summed E-state index contributed by atoms with van der Waals surface area (Å²) in [7, 11) is 0. The number of esters is 1. The van der Waals surface area contributed by atoms with Crippen molar-refractivity contribution in [3.05, 3.63) is 50.5 Å². The molecule has 3 fully saturated rings. The number of thioether (sulfide) groups is 1. The number of rotatable bonds is 7. The molecule has 3 saturated heterocycles. The molecule has 0 bridgehead atoms. The number of fused-ring (bicyclic) bond motifs is 2. The number of hydrogen-bond donors (Lipinski definition) is 2. The topological polar surface area (TPSA) is 128 Å². The normalized spacial score (nSPS) is 28.1. The van der Waals surface area contributed by atoms with Crippen LogP contribution in [-0.4, -0.2) is 80.6 Å². The number of aliphatic hydroxyl groups excluding tert-OH is 1. The molecule has 4 atom stereocenters. The SMILES string of the molecule is C[C@@H](O)[C@H]1C(=O)N2C(C(=O)OCc3ccc([N+](=O)[O-])cc3)=C(SC3CN4CNCN4C3)[C@H](C)[C@H]12. The molecule has 2 N–H and O–H groups in total. The van der Waals surface area contributed by atoms with Gasteiger partial charge < -0.3 is 14.7 Å². The summed E-state index contributed by atoms with van der Waals surface area (Å²) in [5.41, 5.74) is 0.846. The van der Waals surface area contributed by atoms with Gasteiger partial charge in [-0.05, 0) is 24.6 Å². The number of aliphatic hydroxyl groups is 1. The number of nitrogens with one attached hydrogen (secondary N) is 1. The number of nitro groups is 1. The highest BCUT2D eigenvalue weighted by Gasteiger charge is 2.60. The molecule has 5 rings (SSSR count). The van der Waals surface area contributed by atoms with Gasteiger partial charge >= 0.3 is 5.97 Å². The third-order valence-electron chi connectivity index (χ3n) is 6.93. The maximum absolute atomic E-state index is 13.2. The fraction of sp³-hybridized carbons (Fsp3) is 0.545. The first-order chi connectivity index (χ1) is 16.3. The molecule has 0 unspecified atom stereocenters. The summed E-state index contributed by atoms with van der Waals surface area (Å²) < 4.78 is 5.56. The average molecular weight is 490 g/mol. The lowest BCUT2D eigenvalue weighted by Gasteiger charge is -2.46. The van der Waals surface area contributed by atoms with Crippen molar-refractivity contribution in [2.24, 2.45) is 11.8 Å². The van der Waals surface area contributed by atoms with Gasteiger partial charge in [0.05, 0.1) is 36.3 Å². The third-order valence-corrected chi connectivity index (χ3v) is 8.38. The zero-order valence-electron chi connectivity index (χ0n) is 18.9. The molecule has 1 aromatic carbocycles. The zero-order chi connectivity index (χ0) is 24.1. The predicted molar refractivity (Wildman–Crippen MR) is 123 cm³/mol. The second-order valence-electron chi connectivity index (χ2n) is 9.15. The van der Waals surface area contributed by atoms with Crippen LogP contribution in [0.5, 0.6) is 0 Å². The number of carbonyl (C=O) groups is 2. The van der Waals surface area contributed by atoms with Crippen LogP contribution in [0.25, 0.3) is 0 Å². The minimum Gasteiger partial charge on any atom is -0.456 e. The quantitative estimate of drug-likeness (QED) is 0.246. The Morgan fingerprint density at radius 1 is 1.29 bits per heavy atom. The smallest absolute Gasteiger partial charge is 0.356 e. The first-order valence-electron chi connectivity index (χ1n) is 11.3. The van der Waals surface area contributed by atoms with E-state index >= 15 is 0 Å². The maximum Gasteiger partial charge on any atom is 0.356 e. The lowest BCUT2D eigenvalue weighted by atomic mass is 9.79. The van der Waals surface area contributed by atoms with Crippen molar-refractivity contribution in [2.75, 3.05) is 26.4 Å². The second-order valence-corrected chi connectivity index (χ2v) is 10.5. The minimum atomic E-state index is -0.799. The maximum atomic E-state index is 13.2. The summed E-state index contributed by atoms with van der Waals surface area (Å²) in [5.74, 6) is -1.48. The largest absolute Gasteiger partial charge is 0.456 e. The standard InChI is InChI=1S/C22H27N5O6S/c1-12-18-17(13(2)28)21(29)26(18)19(20(12)34-16-7-24-10-23-11-25(24)8-16)22(30)33-9-14-3-5-15(6-4-14)27(31)32/h3-6,12-13,16-18,23,28H,7-11H2,1-2H3/t12-,13-,17-,18-/m1/s1. The van der Waals surface area contributed by atoms with Crippen LogP contribution >= 0.6 is 11.8 Å². The first-order valence-corrected chi connectivity index (χ1v) is 12.2. The van der Waals surface area contributed by atoms with Gasteiger partial charge in [-0.25, -0.2) is 14.8 Å². The third kappa shape index (κ3) is 3.89. The molecule has 1 aromatic rings. The summed E-state index contributed by atoms with van der Waals surface area (Å²) in [5, 5.41) is 29.0. The zero-order valence-corrected chi connectivity index (χ0v) is 19.7. The Balaban J connectivity index is 1.35. The fourth-order valence-corrected chi connectivity index (χ4v) is 6.75. The van der Waals surface area contributed by atoms with Gasteiger partial charge in [0.1, 0.15) is 12.3 Å². The van der Waals surface area contributed by atoms with Gasteiger partial charge in [0.25, 0.3) is 5.69 Å². The van der Waals surface area contributed by atoms with E-state index in [0.717, 1.165) is 31.3 Å². The molecular formula is C22H27N5O6S. The van der Waals surface area contributed by atoms with Crippen molar-refractivity contribution in [3.63, 3.8) is 0 Å². The Labute approximate surface area is 200 Å². The number of nitro benzene ring substituents is 1. The number of benzene rings is 1. The highest BCUT2D eigenvalue weighted by Crippen LogP contribution is 2.52. The number of nitrogens with zero attached hydrogens (tertiary/aromatic N) is 4. The molecule has 0 saturated carbocycles. The van der Waals surface area contributed by atoms with E-state index in [1.54, 1.807) is 30.8 Å². The molecule has 34 heavy (non-hydrogen) atoms. The Morgan fingerprint density at radius 2 is 1.94 bits per heavy atom. The molecule has 182 valence electrons. The number of β-lactam (4-membered cyclic amide) rings is 1. The Morgan fingerprint density at radius 3 is 2.53 bits per heavy atom. The first kappa shape index (κ1) is 23.2. The number of hydrogen-bond acceptors (Lipinski definition) is 10. The van der Waals surface area contributed by atoms with E-state index in [-0.39, 0.29) is 41.1 Å². The van der Waals surface area contributed by atoms with Gasteiger partial charge in [-0.2, -0.15) is 0 Å². The molecule has 4 heterocycles. The van der Waals surface area contributed by atoms with Gasteiger partial charge in [-0.3, -0.25) is 20.2 Å². The van der Waals surface area contributed by atoms with Gasteiger partial charge in [-0.15, -0.1) is 11.8 Å². The fourth-order valence-electron chi connectivity index (χ4n) is 5.25. The molecule has 4 aliphatic rings. The molecule has 0 radical (unpaired) electrons. The van der Waals surface area contributed by atoms with Crippen molar-refractivity contribution in [3.8, 4) is 0 Å². The molecule has 0 aromatic heterocycles. The second kappa shape index (κ2) is 8.93. The summed E-state index contributed by atoms with van der Waals surface area (Å²) in [6, 6.07) is 5.55. The molecule has 4 aliphatic heterocycles. The summed E-state index contributed by atoms with van der Waals surface area (Å²) in [4.78, 5) is 38.8. The Bertz CT molecular complexity index is 1030. The summed E-state index contributed by atoms with van der Waals surface area (Å²) in [6.45, 7) is 6.83. The van der Waals surface area contributed by atoms with Crippen LogP contribution in [0.4, 0.5) is 5.69 Å². The van der Waals surface area contributed by atoms with Crippen LogP contribution in [-0.2, 0) is 20.9 Å². The van der Waals surface area contributed by atoms with Gasteiger partial charge in [0.15, 0.2) is 0 Å². The van der Waals surface area contributed by atoms with Crippen molar-refractivity contribution < 1.29 is 24.4 Å². The Kier molecular flexibility index (Phi) is 6.10. The van der Waals surface area contributed by atoms with Crippen molar-refractivity contribution in [1.29, 1.82) is 0 Å². The van der Waals surface area contributed by atoms with E-state index < -0.39 is 22.9 Å². The van der Waals surface area contributed by atoms with Gasteiger partial charge in [0, 0.05) is 41.3 Å². The van der Waals surface area contributed by atoms with Crippen LogP contribution in [0.3, 0.4) is 0 Å². The average Bonchev–Trinajstić information content (AvgIpc) is 3.44. The van der Waals surface area contributed by atoms with Gasteiger partial charge in [0.2, 0.25) is 5.91 Å². The van der Waals surface area contributed by atoms with E-state index in [0.29, 0.717) is 5.56 Å². The van der Waals surface area contributed by atoms with Crippen LogP contribution < -0.4 is 5.32 Å². The van der Waals surface area contributed by atoms with Crippen LogP contribution in [0.2, 0.25) is 0 Å². The summed E-state index contributed by atoms with van der Waals surface area (Å²) in [6.07, 6.45) is -0.799. The van der Waals surface area contributed by atoms with Crippen molar-refractivity contribution >= 4 is 29.3 Å². The van der Waals surface area contributed by atoms with E-state index in [1.165, 1.54) is 17.0 Å².